The second-order valence-electron chi connectivity index (χ2n) is 4.63. The van der Waals surface area contributed by atoms with Crippen LogP contribution >= 0.6 is 11.6 Å². The maximum atomic E-state index is 10.5. The Bertz CT molecular complexity index is 593. The number of halogens is 1. The second kappa shape index (κ2) is 5.64. The van der Waals surface area contributed by atoms with Crippen molar-refractivity contribution < 1.29 is 9.84 Å². The number of ether oxygens (including phenoxy) is 1. The lowest BCUT2D eigenvalue weighted by Gasteiger charge is -2.16. The zero-order valence-electron chi connectivity index (χ0n) is 11.3. The molecule has 0 saturated carbocycles. The third-order valence-electron chi connectivity index (χ3n) is 3.26. The standard InChI is InChI=1S/C16H17ClO2/c1-10-9-13(17)5-6-14(10)16(18)12-4-7-15(19-3)11(2)8-12/h4-9,16,18H,1-3H3. The summed E-state index contributed by atoms with van der Waals surface area (Å²) >= 11 is 5.93. The summed E-state index contributed by atoms with van der Waals surface area (Å²) in [5.74, 6) is 0.823. The molecule has 0 bridgehead atoms. The molecule has 2 aromatic carbocycles. The van der Waals surface area contributed by atoms with Gasteiger partial charge in [-0.15, -0.1) is 0 Å². The van der Waals surface area contributed by atoms with Crippen LogP contribution in [-0.4, -0.2) is 12.2 Å². The topological polar surface area (TPSA) is 29.5 Å². The summed E-state index contributed by atoms with van der Waals surface area (Å²) < 4.78 is 5.23. The molecular weight excluding hydrogens is 260 g/mol. The van der Waals surface area contributed by atoms with Crippen molar-refractivity contribution in [1.29, 1.82) is 0 Å². The van der Waals surface area contributed by atoms with E-state index in [1.165, 1.54) is 0 Å². The first-order chi connectivity index (χ1) is 9.02. The first kappa shape index (κ1) is 13.9. The number of hydrogen-bond acceptors (Lipinski definition) is 2. The van der Waals surface area contributed by atoms with Gasteiger partial charge >= 0.3 is 0 Å². The van der Waals surface area contributed by atoms with Crippen molar-refractivity contribution in [2.24, 2.45) is 0 Å². The van der Waals surface area contributed by atoms with Crippen molar-refractivity contribution >= 4 is 11.6 Å². The van der Waals surface area contributed by atoms with Crippen LogP contribution < -0.4 is 4.74 Å². The number of hydrogen-bond donors (Lipinski definition) is 1. The predicted octanol–water partition coefficient (Wildman–Crippen LogP) is 4.05. The van der Waals surface area contributed by atoms with Crippen LogP contribution in [0.5, 0.6) is 5.75 Å². The molecule has 1 N–H and O–H groups in total. The molecule has 0 aromatic heterocycles. The van der Waals surface area contributed by atoms with Gasteiger partial charge in [-0.25, -0.2) is 0 Å². The third kappa shape index (κ3) is 2.91. The summed E-state index contributed by atoms with van der Waals surface area (Å²) in [7, 11) is 1.64. The number of benzene rings is 2. The van der Waals surface area contributed by atoms with Gasteiger partial charge in [0.1, 0.15) is 11.9 Å². The molecule has 100 valence electrons. The van der Waals surface area contributed by atoms with Crippen molar-refractivity contribution in [3.63, 3.8) is 0 Å². The van der Waals surface area contributed by atoms with Crippen molar-refractivity contribution in [2.75, 3.05) is 7.11 Å². The maximum Gasteiger partial charge on any atom is 0.121 e. The largest absolute Gasteiger partial charge is 0.496 e. The number of aliphatic hydroxyl groups excluding tert-OH is 1. The highest BCUT2D eigenvalue weighted by atomic mass is 35.5. The van der Waals surface area contributed by atoms with Crippen LogP contribution in [0.4, 0.5) is 0 Å². The van der Waals surface area contributed by atoms with Crippen LogP contribution in [0.25, 0.3) is 0 Å². The number of methoxy groups -OCH3 is 1. The van der Waals surface area contributed by atoms with E-state index in [2.05, 4.69) is 0 Å². The third-order valence-corrected chi connectivity index (χ3v) is 3.50. The van der Waals surface area contributed by atoms with Gasteiger partial charge in [-0.05, 0) is 60.4 Å². The van der Waals surface area contributed by atoms with Gasteiger partial charge in [0.15, 0.2) is 0 Å². The van der Waals surface area contributed by atoms with Crippen LogP contribution in [0.2, 0.25) is 5.02 Å². The van der Waals surface area contributed by atoms with Gasteiger partial charge in [0, 0.05) is 5.02 Å². The Morgan fingerprint density at radius 1 is 1.05 bits per heavy atom. The Labute approximate surface area is 118 Å². The Morgan fingerprint density at radius 2 is 1.79 bits per heavy atom. The number of aliphatic hydroxyl groups is 1. The molecule has 0 amide bonds. The SMILES string of the molecule is COc1ccc(C(O)c2ccc(Cl)cc2C)cc1C. The molecule has 2 aromatic rings. The fourth-order valence-electron chi connectivity index (χ4n) is 2.20. The van der Waals surface area contributed by atoms with Crippen LogP contribution in [0.15, 0.2) is 36.4 Å². The molecule has 19 heavy (non-hydrogen) atoms. The van der Waals surface area contributed by atoms with Crippen molar-refractivity contribution in [1.82, 2.24) is 0 Å². The number of rotatable bonds is 3. The Morgan fingerprint density at radius 3 is 2.37 bits per heavy atom. The first-order valence-corrected chi connectivity index (χ1v) is 6.49. The zero-order valence-corrected chi connectivity index (χ0v) is 12.0. The molecule has 0 spiro atoms. The lowest BCUT2D eigenvalue weighted by molar-refractivity contribution is 0.219. The normalized spacial score (nSPS) is 12.3. The van der Waals surface area contributed by atoms with Gasteiger partial charge in [0.2, 0.25) is 0 Å². The molecule has 0 fully saturated rings. The predicted molar refractivity (Wildman–Crippen MR) is 78.0 cm³/mol. The highest BCUT2D eigenvalue weighted by molar-refractivity contribution is 6.30. The first-order valence-electron chi connectivity index (χ1n) is 6.11. The van der Waals surface area contributed by atoms with E-state index in [0.29, 0.717) is 5.02 Å². The van der Waals surface area contributed by atoms with E-state index >= 15 is 0 Å². The summed E-state index contributed by atoms with van der Waals surface area (Å²) in [6.45, 7) is 3.91. The lowest BCUT2D eigenvalue weighted by atomic mass is 9.96. The van der Waals surface area contributed by atoms with E-state index in [9.17, 15) is 5.11 Å². The average molecular weight is 277 g/mol. The minimum atomic E-state index is -0.651. The molecule has 2 nitrogen and oxygen atoms in total. The Balaban J connectivity index is 2.38. The van der Waals surface area contributed by atoms with Gasteiger partial charge < -0.3 is 9.84 Å². The van der Waals surface area contributed by atoms with E-state index in [0.717, 1.165) is 28.0 Å². The molecule has 0 aliphatic heterocycles. The van der Waals surface area contributed by atoms with Crippen LogP contribution in [-0.2, 0) is 0 Å². The van der Waals surface area contributed by atoms with Gasteiger partial charge in [0.05, 0.1) is 7.11 Å². The minimum absolute atomic E-state index is 0.651. The molecule has 0 aliphatic carbocycles. The maximum absolute atomic E-state index is 10.5. The highest BCUT2D eigenvalue weighted by Gasteiger charge is 2.14. The molecule has 0 saturated heterocycles. The van der Waals surface area contributed by atoms with E-state index in [1.807, 2.05) is 44.2 Å². The molecule has 0 heterocycles. The van der Waals surface area contributed by atoms with Gasteiger partial charge in [-0.3, -0.25) is 0 Å². The highest BCUT2D eigenvalue weighted by Crippen LogP contribution is 2.29. The van der Waals surface area contributed by atoms with Gasteiger partial charge in [-0.2, -0.15) is 0 Å². The van der Waals surface area contributed by atoms with Crippen molar-refractivity contribution in [2.45, 2.75) is 20.0 Å². The Kier molecular flexibility index (Phi) is 4.13. The Hall–Kier alpha value is -1.51. The minimum Gasteiger partial charge on any atom is -0.496 e. The summed E-state index contributed by atoms with van der Waals surface area (Å²) in [6, 6.07) is 11.2. The summed E-state index contributed by atoms with van der Waals surface area (Å²) in [5.41, 5.74) is 3.71. The van der Waals surface area contributed by atoms with Crippen molar-refractivity contribution in [3.8, 4) is 5.75 Å². The van der Waals surface area contributed by atoms with E-state index in [-0.39, 0.29) is 0 Å². The molecule has 3 heteroatoms. The van der Waals surface area contributed by atoms with Gasteiger partial charge in [0.25, 0.3) is 0 Å². The summed E-state index contributed by atoms with van der Waals surface area (Å²) in [4.78, 5) is 0. The van der Waals surface area contributed by atoms with Crippen LogP contribution in [0, 0.1) is 13.8 Å². The van der Waals surface area contributed by atoms with Crippen LogP contribution in [0.3, 0.4) is 0 Å². The van der Waals surface area contributed by atoms with Crippen LogP contribution in [0.1, 0.15) is 28.4 Å². The molecule has 1 atom stereocenters. The molecule has 0 radical (unpaired) electrons. The lowest BCUT2D eigenvalue weighted by Crippen LogP contribution is -2.02. The fourth-order valence-corrected chi connectivity index (χ4v) is 2.42. The summed E-state index contributed by atoms with van der Waals surface area (Å²) in [6.07, 6.45) is -0.651. The second-order valence-corrected chi connectivity index (χ2v) is 5.07. The van der Waals surface area contributed by atoms with Crippen molar-refractivity contribution in [3.05, 3.63) is 63.7 Å². The smallest absolute Gasteiger partial charge is 0.121 e. The summed E-state index contributed by atoms with van der Waals surface area (Å²) in [5, 5.41) is 11.1. The van der Waals surface area contributed by atoms with E-state index in [1.54, 1.807) is 13.2 Å². The zero-order chi connectivity index (χ0) is 14.0. The monoisotopic (exact) mass is 276 g/mol. The van der Waals surface area contributed by atoms with E-state index < -0.39 is 6.10 Å². The fraction of sp³-hybridized carbons (Fsp3) is 0.250. The van der Waals surface area contributed by atoms with E-state index in [4.69, 9.17) is 16.3 Å². The molecule has 2 rings (SSSR count). The molecule has 0 aliphatic rings. The number of aryl methyl sites for hydroxylation is 2. The average Bonchev–Trinajstić information content (AvgIpc) is 2.38. The molecular formula is C16H17ClO2. The van der Waals surface area contributed by atoms with Gasteiger partial charge in [-0.1, -0.05) is 23.7 Å². The molecule has 1 unspecified atom stereocenters. The quantitative estimate of drug-likeness (QED) is 0.916.